The molecule has 0 bridgehead atoms. The third kappa shape index (κ3) is 3.32. The summed E-state index contributed by atoms with van der Waals surface area (Å²) in [5.74, 6) is 0. The van der Waals surface area contributed by atoms with Gasteiger partial charge in [-0.25, -0.2) is 9.97 Å². The van der Waals surface area contributed by atoms with Gasteiger partial charge in [-0.05, 0) is 29.5 Å². The fraction of sp³-hybridized carbons (Fsp3) is 0.0500. The van der Waals surface area contributed by atoms with Crippen LogP contribution in [0.15, 0.2) is 83.5 Å². The molecule has 0 spiro atoms. The van der Waals surface area contributed by atoms with E-state index in [1.807, 2.05) is 60.5 Å². The van der Waals surface area contributed by atoms with Crippen molar-refractivity contribution in [1.29, 1.82) is 0 Å². The minimum Gasteiger partial charge on any atom is -0.397 e. The first kappa shape index (κ1) is 16.4. The van der Waals surface area contributed by atoms with E-state index in [1.165, 1.54) is 11.8 Å². The highest BCUT2D eigenvalue weighted by Crippen LogP contribution is 2.35. The Morgan fingerprint density at radius 1 is 0.962 bits per heavy atom. The molecule has 0 amide bonds. The Morgan fingerprint density at radius 2 is 1.73 bits per heavy atom. The van der Waals surface area contributed by atoms with Crippen molar-refractivity contribution < 1.29 is 0 Å². The number of nitrogens with zero attached hydrogens (tertiary/aromatic N) is 4. The standard InChI is InChI=1S/C20H17N5S/c1-25-12-17(21)18(13-25)26-20-23-11-16(14-7-9-22-10-8-14)19(24-20)15-5-3-2-4-6-15/h2-13H,21H2,1H3. The van der Waals surface area contributed by atoms with Crippen LogP contribution in [-0.4, -0.2) is 19.5 Å². The maximum Gasteiger partial charge on any atom is 0.193 e. The number of nitrogens with two attached hydrogens (primary N) is 1. The molecule has 5 nitrogen and oxygen atoms in total. The van der Waals surface area contributed by atoms with E-state index in [4.69, 9.17) is 10.7 Å². The Morgan fingerprint density at radius 3 is 2.42 bits per heavy atom. The van der Waals surface area contributed by atoms with E-state index in [2.05, 4.69) is 22.1 Å². The Bertz CT molecular complexity index is 1030. The summed E-state index contributed by atoms with van der Waals surface area (Å²) in [5, 5.41) is 0.666. The second-order valence-electron chi connectivity index (χ2n) is 5.86. The fourth-order valence-corrected chi connectivity index (χ4v) is 3.57. The first-order valence-corrected chi connectivity index (χ1v) is 8.94. The lowest BCUT2D eigenvalue weighted by Crippen LogP contribution is -1.95. The molecule has 0 aliphatic carbocycles. The van der Waals surface area contributed by atoms with Gasteiger partial charge in [0.05, 0.1) is 16.3 Å². The molecule has 26 heavy (non-hydrogen) atoms. The molecule has 0 atom stereocenters. The third-order valence-electron chi connectivity index (χ3n) is 3.95. The van der Waals surface area contributed by atoms with Crippen molar-refractivity contribution >= 4 is 17.4 Å². The van der Waals surface area contributed by atoms with Crippen molar-refractivity contribution in [2.24, 2.45) is 7.05 Å². The topological polar surface area (TPSA) is 69.6 Å². The first-order valence-electron chi connectivity index (χ1n) is 8.13. The largest absolute Gasteiger partial charge is 0.397 e. The highest BCUT2D eigenvalue weighted by atomic mass is 32.2. The Labute approximate surface area is 156 Å². The zero-order valence-corrected chi connectivity index (χ0v) is 15.0. The number of aromatic nitrogens is 4. The van der Waals surface area contributed by atoms with Gasteiger partial charge in [0.2, 0.25) is 0 Å². The molecule has 4 rings (SSSR count). The minimum atomic E-state index is 0.666. The van der Waals surface area contributed by atoms with Gasteiger partial charge in [-0.15, -0.1) is 0 Å². The van der Waals surface area contributed by atoms with Gasteiger partial charge in [-0.2, -0.15) is 0 Å². The molecular weight excluding hydrogens is 342 g/mol. The number of anilines is 1. The number of benzene rings is 1. The quantitative estimate of drug-likeness (QED) is 0.551. The van der Waals surface area contributed by atoms with Crippen molar-refractivity contribution in [1.82, 2.24) is 19.5 Å². The summed E-state index contributed by atoms with van der Waals surface area (Å²) in [6.45, 7) is 0. The molecule has 6 heteroatoms. The maximum atomic E-state index is 6.06. The Hall–Kier alpha value is -3.12. The average Bonchev–Trinajstić information content (AvgIpc) is 3.00. The fourth-order valence-electron chi connectivity index (χ4n) is 2.74. The van der Waals surface area contributed by atoms with Crippen LogP contribution in [0.4, 0.5) is 5.69 Å². The van der Waals surface area contributed by atoms with Crippen LogP contribution in [-0.2, 0) is 7.05 Å². The lowest BCUT2D eigenvalue weighted by atomic mass is 10.0. The predicted octanol–water partition coefficient (Wildman–Crippen LogP) is 4.28. The van der Waals surface area contributed by atoms with Crippen molar-refractivity contribution in [3.05, 3.63) is 73.4 Å². The number of rotatable bonds is 4. The van der Waals surface area contributed by atoms with Crippen LogP contribution < -0.4 is 5.73 Å². The van der Waals surface area contributed by atoms with Crippen LogP contribution in [0.1, 0.15) is 0 Å². The van der Waals surface area contributed by atoms with Crippen LogP contribution in [0.3, 0.4) is 0 Å². The minimum absolute atomic E-state index is 0.666. The number of nitrogen functional groups attached to an aromatic ring is 1. The summed E-state index contributed by atoms with van der Waals surface area (Å²) in [4.78, 5) is 14.4. The smallest absolute Gasteiger partial charge is 0.193 e. The van der Waals surface area contributed by atoms with Crippen LogP contribution >= 0.6 is 11.8 Å². The van der Waals surface area contributed by atoms with Crippen molar-refractivity contribution in [3.8, 4) is 22.4 Å². The zero-order valence-electron chi connectivity index (χ0n) is 14.2. The van der Waals surface area contributed by atoms with Crippen LogP contribution in [0.25, 0.3) is 22.4 Å². The van der Waals surface area contributed by atoms with Gasteiger partial charge in [-0.1, -0.05) is 30.3 Å². The zero-order chi connectivity index (χ0) is 17.9. The summed E-state index contributed by atoms with van der Waals surface area (Å²) < 4.78 is 1.93. The highest BCUT2D eigenvalue weighted by molar-refractivity contribution is 7.99. The van der Waals surface area contributed by atoms with E-state index in [9.17, 15) is 0 Å². The van der Waals surface area contributed by atoms with Gasteiger partial charge >= 0.3 is 0 Å². The molecule has 2 N–H and O–H groups in total. The van der Waals surface area contributed by atoms with Crippen molar-refractivity contribution in [3.63, 3.8) is 0 Å². The SMILES string of the molecule is Cn1cc(N)c(Sc2ncc(-c3ccncc3)c(-c3ccccc3)n2)c1. The van der Waals surface area contributed by atoms with E-state index in [0.29, 0.717) is 5.16 Å². The molecule has 1 aromatic carbocycles. The summed E-state index contributed by atoms with van der Waals surface area (Å²) in [6.07, 6.45) is 9.27. The predicted molar refractivity (Wildman–Crippen MR) is 105 cm³/mol. The molecule has 0 aliphatic heterocycles. The monoisotopic (exact) mass is 359 g/mol. The van der Waals surface area contributed by atoms with E-state index in [-0.39, 0.29) is 0 Å². The van der Waals surface area contributed by atoms with Gasteiger partial charge < -0.3 is 10.3 Å². The van der Waals surface area contributed by atoms with E-state index in [0.717, 1.165) is 33.0 Å². The van der Waals surface area contributed by atoms with Gasteiger partial charge in [0, 0.05) is 49.2 Å². The molecule has 3 heterocycles. The number of pyridine rings is 1. The lowest BCUT2D eigenvalue weighted by Gasteiger charge is -2.10. The number of hydrogen-bond acceptors (Lipinski definition) is 5. The molecule has 4 aromatic rings. The molecule has 0 saturated carbocycles. The Kier molecular flexibility index (Phi) is 4.41. The van der Waals surface area contributed by atoms with Gasteiger partial charge in [0.1, 0.15) is 0 Å². The highest BCUT2D eigenvalue weighted by Gasteiger charge is 2.13. The second-order valence-corrected chi connectivity index (χ2v) is 6.87. The number of hydrogen-bond donors (Lipinski definition) is 1. The van der Waals surface area contributed by atoms with Crippen molar-refractivity contribution in [2.45, 2.75) is 10.1 Å². The summed E-state index contributed by atoms with van der Waals surface area (Å²) in [6, 6.07) is 14.1. The summed E-state index contributed by atoms with van der Waals surface area (Å²) in [5.41, 5.74) is 10.7. The normalized spacial score (nSPS) is 10.8. The van der Waals surface area contributed by atoms with Crippen molar-refractivity contribution in [2.75, 3.05) is 5.73 Å². The number of aryl methyl sites for hydroxylation is 1. The molecular formula is C20H17N5S. The summed E-state index contributed by atoms with van der Waals surface area (Å²) >= 11 is 1.47. The average molecular weight is 359 g/mol. The molecule has 128 valence electrons. The van der Waals surface area contributed by atoms with Gasteiger partial charge in [-0.3, -0.25) is 4.98 Å². The van der Waals surface area contributed by atoms with Gasteiger partial charge in [0.15, 0.2) is 5.16 Å². The second kappa shape index (κ2) is 7.01. The van der Waals surface area contributed by atoms with Crippen LogP contribution in [0.5, 0.6) is 0 Å². The molecule has 0 fully saturated rings. The van der Waals surface area contributed by atoms with Gasteiger partial charge in [0.25, 0.3) is 0 Å². The van der Waals surface area contributed by atoms with E-state index < -0.39 is 0 Å². The molecule has 0 unspecified atom stereocenters. The molecule has 3 aromatic heterocycles. The molecule has 0 radical (unpaired) electrons. The maximum absolute atomic E-state index is 6.06. The third-order valence-corrected chi connectivity index (χ3v) is 4.89. The molecule has 0 aliphatic rings. The van der Waals surface area contributed by atoms with E-state index in [1.54, 1.807) is 12.4 Å². The van der Waals surface area contributed by atoms with E-state index >= 15 is 0 Å². The molecule has 0 saturated heterocycles. The van der Waals surface area contributed by atoms with Crippen LogP contribution in [0.2, 0.25) is 0 Å². The summed E-state index contributed by atoms with van der Waals surface area (Å²) in [7, 11) is 1.95. The first-order chi connectivity index (χ1) is 12.7. The van der Waals surface area contributed by atoms with Crippen LogP contribution in [0, 0.1) is 0 Å². The Balaban J connectivity index is 1.80. The lowest BCUT2D eigenvalue weighted by molar-refractivity contribution is 0.919.